The fraction of sp³-hybridized carbons (Fsp3) is 0.429. The van der Waals surface area contributed by atoms with Gasteiger partial charge in [-0.05, 0) is 41.8 Å². The monoisotopic (exact) mass is 301 g/mol. The summed E-state index contributed by atoms with van der Waals surface area (Å²) in [5.41, 5.74) is 0. The van der Waals surface area contributed by atoms with Crippen molar-refractivity contribution in [1.29, 1.82) is 0 Å². The summed E-state index contributed by atoms with van der Waals surface area (Å²) in [5, 5.41) is 21.5. The molecule has 2 atom stereocenters. The lowest BCUT2D eigenvalue weighted by Gasteiger charge is -2.32. The van der Waals surface area contributed by atoms with E-state index < -0.39 is 11.1 Å². The van der Waals surface area contributed by atoms with Gasteiger partial charge in [0.2, 0.25) is 0 Å². The quantitative estimate of drug-likeness (QED) is 0.392. The number of hydrogen-bond acceptors (Lipinski definition) is 3. The third kappa shape index (κ3) is 1.55. The van der Waals surface area contributed by atoms with Crippen molar-refractivity contribution in [3.63, 3.8) is 0 Å². The fourth-order valence-corrected chi connectivity index (χ4v) is 1.81. The van der Waals surface area contributed by atoms with E-state index in [4.69, 9.17) is 11.6 Å². The minimum Gasteiger partial charge on any atom is -0.507 e. The van der Waals surface area contributed by atoms with Gasteiger partial charge in [-0.15, -0.1) is 0 Å². The number of allylic oxidation sites excluding steroid dienone is 2. The highest BCUT2D eigenvalue weighted by Crippen LogP contribution is 2.32. The van der Waals surface area contributed by atoms with Gasteiger partial charge in [0.15, 0.2) is 5.00 Å². The second-order valence-electron chi connectivity index (χ2n) is 2.56. The van der Waals surface area contributed by atoms with E-state index in [0.717, 1.165) is 0 Å². The minimum absolute atomic E-state index is 0.0396. The SMILES string of the molecule is CC(O)C1(Cl)NC=CC(I)=C1O. The number of aliphatic hydroxyl groups excluding tert-OH is 2. The molecule has 2 unspecified atom stereocenters. The predicted molar refractivity (Wildman–Crippen MR) is 56.2 cm³/mol. The zero-order chi connectivity index (χ0) is 9.35. The first-order valence-electron chi connectivity index (χ1n) is 3.39. The number of halogens is 2. The molecule has 0 fully saturated rings. The first-order valence-corrected chi connectivity index (χ1v) is 4.84. The normalized spacial score (nSPS) is 31.7. The van der Waals surface area contributed by atoms with Crippen molar-refractivity contribution in [3.8, 4) is 0 Å². The Bertz CT molecular complexity index is 252. The molecule has 1 aliphatic heterocycles. The first kappa shape index (κ1) is 10.1. The Morgan fingerprint density at radius 2 is 2.33 bits per heavy atom. The van der Waals surface area contributed by atoms with Crippen LogP contribution >= 0.6 is 34.2 Å². The smallest absolute Gasteiger partial charge is 0.196 e. The molecule has 0 aromatic rings. The van der Waals surface area contributed by atoms with Gasteiger partial charge in [0.1, 0.15) is 5.76 Å². The third-order valence-electron chi connectivity index (χ3n) is 1.67. The summed E-state index contributed by atoms with van der Waals surface area (Å²) in [6.45, 7) is 1.51. The van der Waals surface area contributed by atoms with E-state index in [1.165, 1.54) is 6.92 Å². The molecule has 3 nitrogen and oxygen atoms in total. The van der Waals surface area contributed by atoms with Gasteiger partial charge in [-0.3, -0.25) is 0 Å². The fourth-order valence-electron chi connectivity index (χ4n) is 0.876. The van der Waals surface area contributed by atoms with Gasteiger partial charge in [-0.2, -0.15) is 0 Å². The summed E-state index contributed by atoms with van der Waals surface area (Å²) in [4.78, 5) is -1.27. The largest absolute Gasteiger partial charge is 0.507 e. The zero-order valence-corrected chi connectivity index (χ0v) is 9.30. The molecule has 1 rings (SSSR count). The Labute approximate surface area is 89.2 Å². The molecule has 3 N–H and O–H groups in total. The lowest BCUT2D eigenvalue weighted by molar-refractivity contribution is 0.121. The van der Waals surface area contributed by atoms with Crippen molar-refractivity contribution in [1.82, 2.24) is 5.32 Å². The third-order valence-corrected chi connectivity index (χ3v) is 3.14. The van der Waals surface area contributed by atoms with Gasteiger partial charge in [0.05, 0.1) is 9.68 Å². The van der Waals surface area contributed by atoms with E-state index in [-0.39, 0.29) is 5.76 Å². The Morgan fingerprint density at radius 3 is 2.75 bits per heavy atom. The zero-order valence-electron chi connectivity index (χ0n) is 6.38. The topological polar surface area (TPSA) is 52.5 Å². The summed E-state index contributed by atoms with van der Waals surface area (Å²) in [6.07, 6.45) is 2.41. The molecular formula is C7H9ClINO2. The van der Waals surface area contributed by atoms with Crippen molar-refractivity contribution in [2.45, 2.75) is 18.0 Å². The van der Waals surface area contributed by atoms with E-state index >= 15 is 0 Å². The van der Waals surface area contributed by atoms with Crippen LogP contribution in [0.5, 0.6) is 0 Å². The van der Waals surface area contributed by atoms with Gasteiger partial charge >= 0.3 is 0 Å². The minimum atomic E-state index is -1.27. The molecule has 1 heterocycles. The molecule has 12 heavy (non-hydrogen) atoms. The summed E-state index contributed by atoms with van der Waals surface area (Å²) < 4.78 is 0.627. The molecule has 0 radical (unpaired) electrons. The van der Waals surface area contributed by atoms with Crippen LogP contribution in [-0.4, -0.2) is 21.3 Å². The van der Waals surface area contributed by atoms with Gasteiger partial charge in [0, 0.05) is 0 Å². The average Bonchev–Trinajstić information content (AvgIpc) is 2.00. The molecule has 1 aliphatic rings. The number of nitrogens with one attached hydrogen (secondary N) is 1. The Morgan fingerprint density at radius 1 is 1.75 bits per heavy atom. The maximum absolute atomic E-state index is 9.53. The average molecular weight is 302 g/mol. The molecule has 68 valence electrons. The van der Waals surface area contributed by atoms with Crippen LogP contribution < -0.4 is 5.32 Å². The highest BCUT2D eigenvalue weighted by Gasteiger charge is 2.39. The Hall–Kier alpha value is 0.0600. The molecule has 0 amide bonds. The predicted octanol–water partition coefficient (Wildman–Crippen LogP) is 1.62. The second kappa shape index (κ2) is 3.43. The van der Waals surface area contributed by atoms with Crippen molar-refractivity contribution in [3.05, 3.63) is 21.6 Å². The maximum Gasteiger partial charge on any atom is 0.196 e. The summed E-state index contributed by atoms with van der Waals surface area (Å²) in [6, 6.07) is 0. The van der Waals surface area contributed by atoms with Crippen molar-refractivity contribution in [2.75, 3.05) is 0 Å². The molecule has 0 bridgehead atoms. The molecule has 0 spiro atoms. The maximum atomic E-state index is 9.53. The summed E-state index contributed by atoms with van der Waals surface area (Å²) in [7, 11) is 0. The van der Waals surface area contributed by atoms with Crippen LogP contribution in [-0.2, 0) is 0 Å². The Balaban J connectivity index is 3.03. The van der Waals surface area contributed by atoms with E-state index in [0.29, 0.717) is 3.58 Å². The second-order valence-corrected chi connectivity index (χ2v) is 4.32. The molecular weight excluding hydrogens is 292 g/mol. The lowest BCUT2D eigenvalue weighted by atomic mass is 10.1. The molecule has 5 heteroatoms. The highest BCUT2D eigenvalue weighted by atomic mass is 127. The number of aliphatic hydroxyl groups is 2. The van der Waals surface area contributed by atoms with Gasteiger partial charge in [-0.25, -0.2) is 0 Å². The van der Waals surface area contributed by atoms with Gasteiger partial charge in [0.25, 0.3) is 0 Å². The van der Waals surface area contributed by atoms with Crippen LogP contribution in [0.4, 0.5) is 0 Å². The van der Waals surface area contributed by atoms with E-state index in [9.17, 15) is 10.2 Å². The van der Waals surface area contributed by atoms with Crippen LogP contribution in [0.2, 0.25) is 0 Å². The summed E-state index contributed by atoms with van der Waals surface area (Å²) >= 11 is 7.88. The highest BCUT2D eigenvalue weighted by molar-refractivity contribution is 14.1. The number of hydrogen-bond donors (Lipinski definition) is 3. The van der Waals surface area contributed by atoms with Crippen LogP contribution in [0.1, 0.15) is 6.92 Å². The molecule has 0 saturated heterocycles. The lowest BCUT2D eigenvalue weighted by Crippen LogP contribution is -2.49. The summed E-state index contributed by atoms with van der Waals surface area (Å²) in [5.74, 6) is -0.0396. The van der Waals surface area contributed by atoms with Crippen molar-refractivity contribution < 1.29 is 10.2 Å². The number of dihydropyridines is 1. The van der Waals surface area contributed by atoms with Crippen molar-refractivity contribution >= 4 is 34.2 Å². The van der Waals surface area contributed by atoms with Crippen LogP contribution in [0.25, 0.3) is 0 Å². The van der Waals surface area contributed by atoms with Crippen LogP contribution in [0, 0.1) is 0 Å². The first-order chi connectivity index (χ1) is 5.48. The molecule has 0 aliphatic carbocycles. The number of alkyl halides is 1. The van der Waals surface area contributed by atoms with Gasteiger partial charge < -0.3 is 15.5 Å². The van der Waals surface area contributed by atoms with Crippen LogP contribution in [0.3, 0.4) is 0 Å². The molecule has 0 saturated carbocycles. The molecule has 0 aromatic heterocycles. The Kier molecular flexibility index (Phi) is 2.90. The van der Waals surface area contributed by atoms with Crippen LogP contribution in [0.15, 0.2) is 21.6 Å². The standard InChI is InChI=1S/C7H9ClINO2/c1-4(11)7(8)6(12)5(9)2-3-10-7/h2-4,10-12H,1H3. The van der Waals surface area contributed by atoms with Crippen molar-refractivity contribution in [2.24, 2.45) is 0 Å². The van der Waals surface area contributed by atoms with E-state index in [1.54, 1.807) is 12.3 Å². The van der Waals surface area contributed by atoms with E-state index in [2.05, 4.69) is 5.32 Å². The van der Waals surface area contributed by atoms with Gasteiger partial charge in [-0.1, -0.05) is 11.6 Å². The molecule has 0 aromatic carbocycles. The van der Waals surface area contributed by atoms with E-state index in [1.807, 2.05) is 22.6 Å². The number of rotatable bonds is 1.